The van der Waals surface area contributed by atoms with Crippen LogP contribution in [0, 0.1) is 5.82 Å². The molecule has 0 atom stereocenters. The zero-order chi connectivity index (χ0) is 19.6. The van der Waals surface area contributed by atoms with Crippen molar-refractivity contribution in [2.75, 3.05) is 18.4 Å². The maximum Gasteiger partial charge on any atom is 0.446 e. The average Bonchev–Trinajstić information content (AvgIpc) is 3.19. The quantitative estimate of drug-likeness (QED) is 0.368. The van der Waals surface area contributed by atoms with Crippen molar-refractivity contribution in [1.29, 1.82) is 0 Å². The number of hydrogen-bond acceptors (Lipinski definition) is 7. The van der Waals surface area contributed by atoms with Gasteiger partial charge in [-0.05, 0) is 34.1 Å². The Kier molecular flexibility index (Phi) is 5.41. The molecule has 0 unspecified atom stereocenters. The van der Waals surface area contributed by atoms with Crippen molar-refractivity contribution in [3.05, 3.63) is 45.2 Å². The van der Waals surface area contributed by atoms with Crippen molar-refractivity contribution in [2.24, 2.45) is 5.14 Å². The van der Waals surface area contributed by atoms with Gasteiger partial charge in [0, 0.05) is 13.1 Å². The standard InChI is InChI=1S/C13H13BrFN7O4S/c14-8-5-7(1-2-9(8)15)22-12(21-26-13(22)23)11-10(6-18-20-11)17-3-4-19-27(16,24)25/h1-2,5-6,17,19H,3-4H2,(H,18,20)(H2,16,24,25). The third kappa shape index (κ3) is 4.41. The summed E-state index contributed by atoms with van der Waals surface area (Å²) >= 11 is 3.06. The van der Waals surface area contributed by atoms with Gasteiger partial charge in [0.05, 0.1) is 22.0 Å². The fourth-order valence-electron chi connectivity index (χ4n) is 2.24. The average molecular weight is 462 g/mol. The Labute approximate surface area is 160 Å². The van der Waals surface area contributed by atoms with Crippen molar-refractivity contribution in [3.63, 3.8) is 0 Å². The summed E-state index contributed by atoms with van der Waals surface area (Å²) in [6.07, 6.45) is 1.43. The summed E-state index contributed by atoms with van der Waals surface area (Å²) in [7, 11) is -3.80. The van der Waals surface area contributed by atoms with E-state index in [2.05, 4.69) is 41.3 Å². The number of anilines is 1. The van der Waals surface area contributed by atoms with Gasteiger partial charge < -0.3 is 5.32 Å². The first kappa shape index (κ1) is 19.2. The molecular weight excluding hydrogens is 449 g/mol. The second-order valence-corrected chi connectivity index (χ2v) is 7.46. The van der Waals surface area contributed by atoms with E-state index < -0.39 is 21.8 Å². The van der Waals surface area contributed by atoms with E-state index in [4.69, 9.17) is 9.66 Å². The Hall–Kier alpha value is -2.55. The fourth-order valence-corrected chi connectivity index (χ4v) is 2.99. The minimum atomic E-state index is -3.80. The third-order valence-corrected chi connectivity index (χ3v) is 4.59. The third-order valence-electron chi connectivity index (χ3n) is 3.37. The van der Waals surface area contributed by atoms with Gasteiger partial charge in [-0.25, -0.2) is 23.6 Å². The molecule has 14 heteroatoms. The van der Waals surface area contributed by atoms with E-state index in [1.54, 1.807) is 0 Å². The van der Waals surface area contributed by atoms with E-state index in [0.29, 0.717) is 17.1 Å². The van der Waals surface area contributed by atoms with Crippen molar-refractivity contribution < 1.29 is 17.3 Å². The molecule has 0 aliphatic rings. The lowest BCUT2D eigenvalue weighted by molar-refractivity contribution is 0.383. The summed E-state index contributed by atoms with van der Waals surface area (Å²) in [5.41, 5.74) is 1.08. The number of rotatable bonds is 7. The van der Waals surface area contributed by atoms with Crippen LogP contribution < -0.4 is 20.9 Å². The highest BCUT2D eigenvalue weighted by Crippen LogP contribution is 2.26. The predicted octanol–water partition coefficient (Wildman–Crippen LogP) is 0.322. The van der Waals surface area contributed by atoms with Gasteiger partial charge in [0.2, 0.25) is 5.82 Å². The molecule has 0 bridgehead atoms. The smallest absolute Gasteiger partial charge is 0.381 e. The lowest BCUT2D eigenvalue weighted by Gasteiger charge is -2.08. The first-order valence-corrected chi connectivity index (χ1v) is 9.69. The zero-order valence-corrected chi connectivity index (χ0v) is 15.8. The molecule has 27 heavy (non-hydrogen) atoms. The number of hydrogen-bond donors (Lipinski definition) is 4. The number of nitrogens with two attached hydrogens (primary N) is 1. The maximum absolute atomic E-state index is 13.5. The normalized spacial score (nSPS) is 11.7. The first-order chi connectivity index (χ1) is 12.8. The monoisotopic (exact) mass is 461 g/mol. The second-order valence-electron chi connectivity index (χ2n) is 5.23. The Morgan fingerprint density at radius 1 is 1.37 bits per heavy atom. The highest BCUT2D eigenvalue weighted by Gasteiger charge is 2.20. The Morgan fingerprint density at radius 3 is 2.85 bits per heavy atom. The molecule has 0 spiro atoms. The number of benzene rings is 1. The largest absolute Gasteiger partial charge is 0.446 e. The molecule has 11 nitrogen and oxygen atoms in total. The molecule has 1 aromatic carbocycles. The SMILES string of the molecule is NS(=O)(=O)NCCNc1cn[nH]c1-c1noc(=O)n1-c1ccc(F)c(Br)c1. The van der Waals surface area contributed by atoms with Gasteiger partial charge in [-0.2, -0.15) is 13.5 Å². The predicted molar refractivity (Wildman–Crippen MR) is 96.9 cm³/mol. The van der Waals surface area contributed by atoms with E-state index >= 15 is 0 Å². The number of nitrogens with zero attached hydrogens (tertiary/aromatic N) is 3. The molecular formula is C13H13BrFN7O4S. The van der Waals surface area contributed by atoms with Gasteiger partial charge in [-0.3, -0.25) is 9.62 Å². The van der Waals surface area contributed by atoms with Crippen LogP contribution in [-0.2, 0) is 10.2 Å². The van der Waals surface area contributed by atoms with E-state index in [-0.39, 0.29) is 23.4 Å². The molecule has 3 aromatic rings. The lowest BCUT2D eigenvalue weighted by atomic mass is 10.3. The van der Waals surface area contributed by atoms with Crippen LogP contribution in [0.25, 0.3) is 17.2 Å². The van der Waals surface area contributed by atoms with Crippen molar-refractivity contribution in [1.82, 2.24) is 24.6 Å². The summed E-state index contributed by atoms with van der Waals surface area (Å²) in [4.78, 5) is 12.1. The van der Waals surface area contributed by atoms with Crippen LogP contribution in [-0.4, -0.2) is 41.4 Å². The molecule has 5 N–H and O–H groups in total. The zero-order valence-electron chi connectivity index (χ0n) is 13.4. The number of aromatic amines is 1. The topological polar surface area (TPSA) is 161 Å². The highest BCUT2D eigenvalue weighted by molar-refractivity contribution is 9.10. The number of H-pyrrole nitrogens is 1. The lowest BCUT2D eigenvalue weighted by Crippen LogP contribution is -2.34. The van der Waals surface area contributed by atoms with Gasteiger partial charge in [0.15, 0.2) is 0 Å². The molecule has 0 saturated carbocycles. The van der Waals surface area contributed by atoms with Crippen LogP contribution in [0.1, 0.15) is 0 Å². The van der Waals surface area contributed by atoms with Crippen LogP contribution in [0.15, 0.2) is 38.2 Å². The maximum atomic E-state index is 13.5. The van der Waals surface area contributed by atoms with Crippen LogP contribution in [0.3, 0.4) is 0 Å². The van der Waals surface area contributed by atoms with Crippen LogP contribution in [0.2, 0.25) is 0 Å². The Morgan fingerprint density at radius 2 is 2.15 bits per heavy atom. The first-order valence-electron chi connectivity index (χ1n) is 7.35. The Balaban J connectivity index is 1.89. The minimum Gasteiger partial charge on any atom is -0.381 e. The summed E-state index contributed by atoms with van der Waals surface area (Å²) in [5.74, 6) is -1.17. The Bertz CT molecular complexity index is 1120. The van der Waals surface area contributed by atoms with Gasteiger partial charge in [-0.1, -0.05) is 5.16 Å². The molecule has 0 radical (unpaired) electrons. The van der Waals surface area contributed by atoms with E-state index in [0.717, 1.165) is 4.57 Å². The minimum absolute atomic E-state index is 0.0278. The van der Waals surface area contributed by atoms with Crippen LogP contribution in [0.4, 0.5) is 10.1 Å². The molecule has 144 valence electrons. The molecule has 0 amide bonds. The van der Waals surface area contributed by atoms with Gasteiger partial charge in [0.1, 0.15) is 11.5 Å². The molecule has 0 aliphatic heterocycles. The van der Waals surface area contributed by atoms with Gasteiger partial charge >= 0.3 is 5.76 Å². The molecule has 0 fully saturated rings. The highest BCUT2D eigenvalue weighted by atomic mass is 79.9. The number of nitrogens with one attached hydrogen (secondary N) is 3. The number of aromatic nitrogens is 4. The fraction of sp³-hybridized carbons (Fsp3) is 0.154. The molecule has 0 saturated heterocycles. The van der Waals surface area contributed by atoms with E-state index in [1.807, 2.05) is 0 Å². The van der Waals surface area contributed by atoms with Crippen molar-refractivity contribution in [2.45, 2.75) is 0 Å². The molecule has 3 rings (SSSR count). The summed E-state index contributed by atoms with van der Waals surface area (Å²) in [6, 6.07) is 3.98. The number of halogens is 2. The molecule has 2 aromatic heterocycles. The summed E-state index contributed by atoms with van der Waals surface area (Å²) in [5, 5.41) is 18.1. The molecule has 2 heterocycles. The van der Waals surface area contributed by atoms with Gasteiger partial charge in [0.25, 0.3) is 10.2 Å². The van der Waals surface area contributed by atoms with E-state index in [1.165, 1.54) is 24.4 Å². The van der Waals surface area contributed by atoms with Crippen LogP contribution >= 0.6 is 15.9 Å². The van der Waals surface area contributed by atoms with Crippen molar-refractivity contribution >= 4 is 31.8 Å². The van der Waals surface area contributed by atoms with Crippen molar-refractivity contribution in [3.8, 4) is 17.2 Å². The summed E-state index contributed by atoms with van der Waals surface area (Å²) in [6.45, 7) is 0.215. The summed E-state index contributed by atoms with van der Waals surface area (Å²) < 4.78 is 43.4. The van der Waals surface area contributed by atoms with Crippen LogP contribution in [0.5, 0.6) is 0 Å². The second kappa shape index (κ2) is 7.59. The molecule has 0 aliphatic carbocycles. The van der Waals surface area contributed by atoms with Gasteiger partial charge in [-0.15, -0.1) is 0 Å². The van der Waals surface area contributed by atoms with E-state index in [9.17, 15) is 17.6 Å².